The molecule has 25 heavy (non-hydrogen) atoms. The van der Waals surface area contributed by atoms with Crippen LogP contribution in [0.1, 0.15) is 24.4 Å². The zero-order valence-corrected chi connectivity index (χ0v) is 14.1. The molecule has 0 radical (unpaired) electrons. The van der Waals surface area contributed by atoms with Crippen molar-refractivity contribution >= 4 is 16.7 Å². The van der Waals surface area contributed by atoms with Gasteiger partial charge in [0.1, 0.15) is 11.2 Å². The Kier molecular flexibility index (Phi) is 4.32. The molecule has 0 aliphatic carbocycles. The molecule has 1 N–H and O–H groups in total. The van der Waals surface area contributed by atoms with Crippen LogP contribution in [-0.4, -0.2) is 36.6 Å². The molecule has 130 valence electrons. The maximum atomic E-state index is 12.1. The third-order valence-electron chi connectivity index (χ3n) is 4.27. The van der Waals surface area contributed by atoms with E-state index in [0.29, 0.717) is 23.4 Å². The summed E-state index contributed by atoms with van der Waals surface area (Å²) in [5.41, 5.74) is 1.17. The third-order valence-corrected chi connectivity index (χ3v) is 4.27. The van der Waals surface area contributed by atoms with Crippen molar-refractivity contribution < 1.29 is 4.92 Å². The van der Waals surface area contributed by atoms with Gasteiger partial charge in [0.25, 0.3) is 11.2 Å². The number of aromatic nitrogens is 4. The van der Waals surface area contributed by atoms with Gasteiger partial charge in [-0.05, 0) is 19.5 Å². The summed E-state index contributed by atoms with van der Waals surface area (Å²) in [6.07, 6.45) is 1.49. The monoisotopic (exact) mass is 342 g/mol. The highest BCUT2D eigenvalue weighted by Crippen LogP contribution is 2.23. The molecule has 9 heteroatoms. The van der Waals surface area contributed by atoms with Crippen LogP contribution >= 0.6 is 0 Å². The first-order valence-corrected chi connectivity index (χ1v) is 7.72. The molecule has 0 aliphatic heterocycles. The Balaban J connectivity index is 1.85. The van der Waals surface area contributed by atoms with Gasteiger partial charge >= 0.3 is 0 Å². The minimum absolute atomic E-state index is 0.0561. The maximum absolute atomic E-state index is 12.1. The van der Waals surface area contributed by atoms with Crippen LogP contribution in [0, 0.1) is 10.1 Å². The van der Waals surface area contributed by atoms with Crippen LogP contribution in [0.2, 0.25) is 0 Å². The van der Waals surface area contributed by atoms with E-state index in [4.69, 9.17) is 0 Å². The number of rotatable bonds is 5. The van der Waals surface area contributed by atoms with E-state index in [2.05, 4.69) is 15.1 Å². The highest BCUT2D eigenvalue weighted by Gasteiger charge is 2.17. The smallest absolute Gasteiger partial charge is 0.269 e. The van der Waals surface area contributed by atoms with E-state index in [1.807, 2.05) is 24.9 Å². The van der Waals surface area contributed by atoms with Gasteiger partial charge < -0.3 is 4.98 Å². The first-order chi connectivity index (χ1) is 11.9. The Bertz CT molecular complexity index is 993. The number of hydrogen-bond donors (Lipinski definition) is 1. The largest absolute Gasteiger partial charge is 0.309 e. The number of non-ortho nitro benzene ring substituents is 1. The summed E-state index contributed by atoms with van der Waals surface area (Å²) in [6.45, 7) is 2.33. The number of fused-ring (bicyclic) bond motifs is 1. The molecular weight excluding hydrogens is 324 g/mol. The van der Waals surface area contributed by atoms with Gasteiger partial charge in [0, 0.05) is 25.2 Å². The Morgan fingerprint density at radius 3 is 2.92 bits per heavy atom. The van der Waals surface area contributed by atoms with Gasteiger partial charge in [0.2, 0.25) is 0 Å². The second-order valence-electron chi connectivity index (χ2n) is 5.96. The number of hydrogen-bond acceptors (Lipinski definition) is 6. The zero-order chi connectivity index (χ0) is 18.1. The predicted octanol–water partition coefficient (Wildman–Crippen LogP) is 1.76. The van der Waals surface area contributed by atoms with Gasteiger partial charge in [-0.3, -0.25) is 24.5 Å². The van der Waals surface area contributed by atoms with Gasteiger partial charge in [0.05, 0.1) is 17.7 Å². The highest BCUT2D eigenvalue weighted by atomic mass is 16.6. The first-order valence-electron chi connectivity index (χ1n) is 7.72. The van der Waals surface area contributed by atoms with E-state index in [0.717, 1.165) is 5.56 Å². The molecule has 0 unspecified atom stereocenters. The number of aromatic amines is 1. The normalized spacial score (nSPS) is 12.6. The summed E-state index contributed by atoms with van der Waals surface area (Å²) < 4.78 is 1.55. The number of benzene rings is 1. The van der Waals surface area contributed by atoms with Crippen molar-refractivity contribution in [3.05, 3.63) is 62.3 Å². The van der Waals surface area contributed by atoms with Crippen LogP contribution in [0.25, 0.3) is 11.0 Å². The Morgan fingerprint density at radius 1 is 1.44 bits per heavy atom. The lowest BCUT2D eigenvalue weighted by Gasteiger charge is -2.24. The lowest BCUT2D eigenvalue weighted by atomic mass is 10.1. The molecule has 1 aromatic carbocycles. The molecular formula is C16H18N6O3. The van der Waals surface area contributed by atoms with Crippen LogP contribution in [0.3, 0.4) is 0 Å². The summed E-state index contributed by atoms with van der Waals surface area (Å²) >= 11 is 0. The van der Waals surface area contributed by atoms with Crippen molar-refractivity contribution in [2.24, 2.45) is 7.05 Å². The van der Waals surface area contributed by atoms with E-state index in [1.165, 1.54) is 12.3 Å². The third kappa shape index (κ3) is 3.26. The number of nitrogens with zero attached hydrogens (tertiary/aromatic N) is 5. The van der Waals surface area contributed by atoms with Gasteiger partial charge in [-0.15, -0.1) is 0 Å². The SMILES string of the molecule is C[C@@H](c1cccc([N+](=O)[O-])c1)N(C)Cc1nc2c(cnn2C)c(=O)[nH]1. The molecule has 2 heterocycles. The van der Waals surface area contributed by atoms with Crippen molar-refractivity contribution in [3.63, 3.8) is 0 Å². The molecule has 0 fully saturated rings. The fourth-order valence-corrected chi connectivity index (χ4v) is 2.68. The predicted molar refractivity (Wildman–Crippen MR) is 92.1 cm³/mol. The molecule has 0 spiro atoms. The van der Waals surface area contributed by atoms with E-state index in [1.54, 1.807) is 23.9 Å². The number of aryl methyl sites for hydroxylation is 1. The second kappa shape index (κ2) is 6.44. The van der Waals surface area contributed by atoms with Gasteiger partial charge in [-0.2, -0.15) is 5.10 Å². The van der Waals surface area contributed by atoms with Crippen molar-refractivity contribution in [2.45, 2.75) is 19.5 Å². The maximum Gasteiger partial charge on any atom is 0.269 e. The van der Waals surface area contributed by atoms with Crippen LogP contribution in [0.15, 0.2) is 35.3 Å². The highest BCUT2D eigenvalue weighted by molar-refractivity contribution is 5.72. The van der Waals surface area contributed by atoms with Crippen molar-refractivity contribution in [2.75, 3.05) is 7.05 Å². The number of H-pyrrole nitrogens is 1. The van der Waals surface area contributed by atoms with Gasteiger partial charge in [-0.25, -0.2) is 4.98 Å². The number of nitro benzene ring substituents is 1. The van der Waals surface area contributed by atoms with E-state index in [9.17, 15) is 14.9 Å². The van der Waals surface area contributed by atoms with E-state index >= 15 is 0 Å². The molecule has 0 aliphatic rings. The Hall–Kier alpha value is -3.07. The summed E-state index contributed by atoms with van der Waals surface area (Å²) in [4.78, 5) is 31.8. The minimum atomic E-state index is -0.411. The summed E-state index contributed by atoms with van der Waals surface area (Å²) in [5, 5.41) is 15.4. The van der Waals surface area contributed by atoms with E-state index in [-0.39, 0.29) is 17.3 Å². The average molecular weight is 342 g/mol. The fraction of sp³-hybridized carbons (Fsp3) is 0.312. The van der Waals surface area contributed by atoms with Crippen LogP contribution in [0.4, 0.5) is 5.69 Å². The minimum Gasteiger partial charge on any atom is -0.309 e. The van der Waals surface area contributed by atoms with Crippen molar-refractivity contribution in [1.82, 2.24) is 24.6 Å². The molecule has 2 aromatic heterocycles. The van der Waals surface area contributed by atoms with Crippen LogP contribution in [0.5, 0.6) is 0 Å². The number of nitro groups is 1. The Labute approximate surface area is 143 Å². The summed E-state index contributed by atoms with van der Waals surface area (Å²) in [6, 6.07) is 6.44. The first kappa shape index (κ1) is 16.8. The Morgan fingerprint density at radius 2 is 2.20 bits per heavy atom. The lowest BCUT2D eigenvalue weighted by molar-refractivity contribution is -0.384. The second-order valence-corrected chi connectivity index (χ2v) is 5.96. The van der Waals surface area contributed by atoms with Crippen molar-refractivity contribution in [1.29, 1.82) is 0 Å². The fourth-order valence-electron chi connectivity index (χ4n) is 2.68. The molecule has 0 saturated heterocycles. The van der Waals surface area contributed by atoms with Crippen LogP contribution in [-0.2, 0) is 13.6 Å². The quantitative estimate of drug-likeness (QED) is 0.559. The van der Waals surface area contributed by atoms with Gasteiger partial charge in [-0.1, -0.05) is 12.1 Å². The lowest BCUT2D eigenvalue weighted by Crippen LogP contribution is -2.25. The van der Waals surface area contributed by atoms with Gasteiger partial charge in [0.15, 0.2) is 5.65 Å². The van der Waals surface area contributed by atoms with E-state index < -0.39 is 4.92 Å². The van der Waals surface area contributed by atoms with Crippen molar-refractivity contribution in [3.8, 4) is 0 Å². The van der Waals surface area contributed by atoms with Crippen LogP contribution < -0.4 is 5.56 Å². The molecule has 0 saturated carbocycles. The number of nitrogens with one attached hydrogen (secondary N) is 1. The molecule has 1 atom stereocenters. The molecule has 3 aromatic rings. The topological polar surface area (TPSA) is 110 Å². The summed E-state index contributed by atoms with van der Waals surface area (Å²) in [5.74, 6) is 0.515. The molecule has 0 bridgehead atoms. The average Bonchev–Trinajstić information content (AvgIpc) is 2.96. The zero-order valence-electron chi connectivity index (χ0n) is 14.1. The molecule has 9 nitrogen and oxygen atoms in total. The standard InChI is InChI=1S/C16H18N6O3/c1-10(11-5-4-6-12(7-11)22(24)25)20(2)9-14-18-15-13(16(23)19-14)8-17-21(15)3/h4-8,10H,9H2,1-3H3,(H,18,19,23)/t10-/m0/s1. The molecule has 0 amide bonds. The summed E-state index contributed by atoms with van der Waals surface area (Å²) in [7, 11) is 3.60. The molecule has 3 rings (SSSR count).